The summed E-state index contributed by atoms with van der Waals surface area (Å²) in [4.78, 5) is 34.9. The third-order valence-corrected chi connectivity index (χ3v) is 6.82. The van der Waals surface area contributed by atoms with Gasteiger partial charge in [-0.05, 0) is 53.1 Å². The van der Waals surface area contributed by atoms with E-state index in [0.717, 1.165) is 59.7 Å². The average molecular weight is 487 g/mol. The Bertz CT molecular complexity index is 1520. The average Bonchev–Trinajstić information content (AvgIpc) is 2.98. The quantitative estimate of drug-likeness (QED) is 0.318. The minimum Gasteiger partial charge on any atom is -0.368 e. The zero-order valence-corrected chi connectivity index (χ0v) is 20.4. The van der Waals surface area contributed by atoms with Crippen molar-refractivity contribution in [3.63, 3.8) is 0 Å². The number of ketones is 1. The highest BCUT2D eigenvalue weighted by Crippen LogP contribution is 2.26. The van der Waals surface area contributed by atoms with Gasteiger partial charge in [0.25, 0.3) is 0 Å². The van der Waals surface area contributed by atoms with Gasteiger partial charge in [0.2, 0.25) is 0 Å². The van der Waals surface area contributed by atoms with Gasteiger partial charge in [-0.1, -0.05) is 30.3 Å². The second-order valence-electron chi connectivity index (χ2n) is 9.14. The predicted octanol–water partition coefficient (Wildman–Crippen LogP) is 4.84. The summed E-state index contributed by atoms with van der Waals surface area (Å²) in [5, 5.41) is 0. The van der Waals surface area contributed by atoms with E-state index in [0.29, 0.717) is 12.0 Å². The summed E-state index contributed by atoms with van der Waals surface area (Å²) in [6, 6.07) is 22.0. The standard InChI is InChI=1S/C30H26N6O/c37-29(24-7-11-31-12-8-24)19-22-1-3-23(4-2-22)25-5-6-27-28(20-25)34-30(21-33-27)36-17-15-35(16-18-36)26-9-13-32-14-10-26/h1-14,20-21H,15-19H2. The third-order valence-electron chi connectivity index (χ3n) is 6.82. The number of benzene rings is 2. The lowest BCUT2D eigenvalue weighted by Gasteiger charge is -2.36. The van der Waals surface area contributed by atoms with Crippen molar-refractivity contribution in [1.82, 2.24) is 19.9 Å². The molecule has 1 aliphatic rings. The molecule has 0 unspecified atom stereocenters. The Hall–Kier alpha value is -4.65. The number of pyridine rings is 2. The molecule has 1 aliphatic heterocycles. The SMILES string of the molecule is O=C(Cc1ccc(-c2ccc3ncc(N4CCN(c5ccncc5)CC4)nc3c2)cc1)c1ccncc1. The topological polar surface area (TPSA) is 75.1 Å². The van der Waals surface area contributed by atoms with Crippen LogP contribution >= 0.6 is 0 Å². The van der Waals surface area contributed by atoms with Crippen molar-refractivity contribution >= 4 is 28.3 Å². The number of aromatic nitrogens is 4. The van der Waals surface area contributed by atoms with Crippen LogP contribution in [0.15, 0.2) is 97.7 Å². The van der Waals surface area contributed by atoms with Gasteiger partial charge < -0.3 is 9.80 Å². The first-order chi connectivity index (χ1) is 18.2. The molecule has 7 heteroatoms. The molecule has 3 aromatic heterocycles. The molecule has 0 spiro atoms. The highest BCUT2D eigenvalue weighted by atomic mass is 16.1. The Morgan fingerprint density at radius 2 is 1.35 bits per heavy atom. The van der Waals surface area contributed by atoms with Crippen LogP contribution in [0.25, 0.3) is 22.2 Å². The van der Waals surface area contributed by atoms with Gasteiger partial charge in [-0.15, -0.1) is 0 Å². The molecule has 0 amide bonds. The Morgan fingerprint density at radius 3 is 2.08 bits per heavy atom. The summed E-state index contributed by atoms with van der Waals surface area (Å²) >= 11 is 0. The van der Waals surface area contributed by atoms with Gasteiger partial charge in [0, 0.05) is 68.6 Å². The van der Waals surface area contributed by atoms with Gasteiger partial charge >= 0.3 is 0 Å². The van der Waals surface area contributed by atoms with E-state index in [1.807, 2.05) is 36.8 Å². The molecule has 1 saturated heterocycles. The zero-order valence-electron chi connectivity index (χ0n) is 20.4. The largest absolute Gasteiger partial charge is 0.368 e. The van der Waals surface area contributed by atoms with Crippen LogP contribution in [0, 0.1) is 0 Å². The molecule has 2 aromatic carbocycles. The van der Waals surface area contributed by atoms with Crippen molar-refractivity contribution in [2.24, 2.45) is 0 Å². The van der Waals surface area contributed by atoms with E-state index in [2.05, 4.69) is 61.1 Å². The van der Waals surface area contributed by atoms with Crippen LogP contribution in [-0.2, 0) is 6.42 Å². The molecule has 0 N–H and O–H groups in total. The van der Waals surface area contributed by atoms with Crippen LogP contribution in [0.1, 0.15) is 15.9 Å². The van der Waals surface area contributed by atoms with Crippen LogP contribution in [0.4, 0.5) is 11.5 Å². The van der Waals surface area contributed by atoms with Crippen molar-refractivity contribution in [1.29, 1.82) is 0 Å². The lowest BCUT2D eigenvalue weighted by molar-refractivity contribution is 0.0993. The fourth-order valence-electron chi connectivity index (χ4n) is 4.72. The molecule has 0 aliphatic carbocycles. The van der Waals surface area contributed by atoms with Gasteiger partial charge in [0.15, 0.2) is 5.78 Å². The highest BCUT2D eigenvalue weighted by Gasteiger charge is 2.19. The molecule has 7 nitrogen and oxygen atoms in total. The van der Waals surface area contributed by atoms with E-state index in [1.54, 1.807) is 24.5 Å². The first-order valence-corrected chi connectivity index (χ1v) is 12.4. The van der Waals surface area contributed by atoms with Crippen LogP contribution < -0.4 is 9.80 Å². The fraction of sp³-hybridized carbons (Fsp3) is 0.167. The van der Waals surface area contributed by atoms with Crippen LogP contribution in [0.3, 0.4) is 0 Å². The molecular formula is C30H26N6O. The predicted molar refractivity (Wildman–Crippen MR) is 146 cm³/mol. The van der Waals surface area contributed by atoms with Crippen molar-refractivity contribution in [2.75, 3.05) is 36.0 Å². The summed E-state index contributed by atoms with van der Waals surface area (Å²) in [6.45, 7) is 3.64. The second-order valence-corrected chi connectivity index (χ2v) is 9.14. The van der Waals surface area contributed by atoms with E-state index in [4.69, 9.17) is 4.98 Å². The molecule has 0 radical (unpaired) electrons. The first kappa shape index (κ1) is 22.8. The molecule has 1 fully saturated rings. The number of carbonyl (C=O) groups excluding carboxylic acids is 1. The number of piperazine rings is 1. The number of carbonyl (C=O) groups is 1. The Kier molecular flexibility index (Phi) is 6.25. The fourth-order valence-corrected chi connectivity index (χ4v) is 4.72. The van der Waals surface area contributed by atoms with Crippen LogP contribution in [0.2, 0.25) is 0 Å². The highest BCUT2D eigenvalue weighted by molar-refractivity contribution is 5.97. The van der Waals surface area contributed by atoms with E-state index in [1.165, 1.54) is 5.69 Å². The normalized spacial score (nSPS) is 13.6. The third kappa shape index (κ3) is 5.02. The monoisotopic (exact) mass is 486 g/mol. The maximum absolute atomic E-state index is 12.5. The van der Waals surface area contributed by atoms with E-state index < -0.39 is 0 Å². The van der Waals surface area contributed by atoms with Crippen molar-refractivity contribution < 1.29 is 4.79 Å². The molecular weight excluding hydrogens is 460 g/mol. The van der Waals surface area contributed by atoms with E-state index in [9.17, 15) is 4.79 Å². The number of fused-ring (bicyclic) bond motifs is 1. The minimum absolute atomic E-state index is 0.0882. The van der Waals surface area contributed by atoms with Gasteiger partial charge in [-0.2, -0.15) is 0 Å². The summed E-state index contributed by atoms with van der Waals surface area (Å²) in [5.41, 5.74) is 6.79. The molecule has 182 valence electrons. The number of rotatable bonds is 6. The molecule has 0 saturated carbocycles. The van der Waals surface area contributed by atoms with Crippen molar-refractivity contribution in [3.8, 4) is 11.1 Å². The van der Waals surface area contributed by atoms with E-state index >= 15 is 0 Å². The summed E-state index contributed by atoms with van der Waals surface area (Å²) < 4.78 is 0. The summed E-state index contributed by atoms with van der Waals surface area (Å²) in [6.07, 6.45) is 9.21. The molecule has 0 atom stereocenters. The number of nitrogens with zero attached hydrogens (tertiary/aromatic N) is 6. The minimum atomic E-state index is 0.0882. The Morgan fingerprint density at radius 1 is 0.703 bits per heavy atom. The molecule has 5 aromatic rings. The number of anilines is 2. The number of hydrogen-bond donors (Lipinski definition) is 0. The molecule has 4 heterocycles. The van der Waals surface area contributed by atoms with Gasteiger partial charge in [0.1, 0.15) is 5.82 Å². The lowest BCUT2D eigenvalue weighted by Crippen LogP contribution is -2.46. The van der Waals surface area contributed by atoms with Gasteiger partial charge in [-0.3, -0.25) is 19.7 Å². The smallest absolute Gasteiger partial charge is 0.167 e. The molecule has 37 heavy (non-hydrogen) atoms. The second kappa shape index (κ2) is 10.1. The first-order valence-electron chi connectivity index (χ1n) is 12.4. The molecule has 0 bridgehead atoms. The Balaban J connectivity index is 1.16. The maximum Gasteiger partial charge on any atom is 0.167 e. The zero-order chi connectivity index (χ0) is 25.0. The maximum atomic E-state index is 12.5. The lowest BCUT2D eigenvalue weighted by atomic mass is 9.99. The van der Waals surface area contributed by atoms with Crippen LogP contribution in [0.5, 0.6) is 0 Å². The Labute approximate surface area is 215 Å². The van der Waals surface area contributed by atoms with Gasteiger partial charge in [-0.25, -0.2) is 4.98 Å². The van der Waals surface area contributed by atoms with Crippen molar-refractivity contribution in [2.45, 2.75) is 6.42 Å². The molecule has 6 rings (SSSR count). The summed E-state index contributed by atoms with van der Waals surface area (Å²) in [7, 11) is 0. The van der Waals surface area contributed by atoms with Crippen LogP contribution in [-0.4, -0.2) is 51.9 Å². The van der Waals surface area contributed by atoms with Gasteiger partial charge in [0.05, 0.1) is 17.2 Å². The number of Topliss-reactive ketones (excluding diaryl/α,β-unsaturated/α-hetero) is 1. The van der Waals surface area contributed by atoms with E-state index in [-0.39, 0.29) is 5.78 Å². The number of hydrogen-bond acceptors (Lipinski definition) is 7. The summed E-state index contributed by atoms with van der Waals surface area (Å²) in [5.74, 6) is 0.995. The van der Waals surface area contributed by atoms with Crippen molar-refractivity contribution in [3.05, 3.63) is 109 Å².